The number of terminal acetylenes is 1. The third-order valence-corrected chi connectivity index (χ3v) is 2.31. The van der Waals surface area contributed by atoms with E-state index in [9.17, 15) is 4.79 Å². The van der Waals surface area contributed by atoms with Crippen molar-refractivity contribution in [2.24, 2.45) is 5.92 Å². The van der Waals surface area contributed by atoms with Gasteiger partial charge >= 0.3 is 0 Å². The molecule has 0 aromatic heterocycles. The van der Waals surface area contributed by atoms with Crippen LogP contribution in [0.2, 0.25) is 0 Å². The van der Waals surface area contributed by atoms with Gasteiger partial charge in [-0.05, 0) is 12.8 Å². The Hall–Kier alpha value is -1.05. The molecule has 4 heteroatoms. The van der Waals surface area contributed by atoms with Crippen molar-refractivity contribution in [2.75, 3.05) is 13.6 Å². The molecule has 0 spiro atoms. The van der Waals surface area contributed by atoms with Gasteiger partial charge in [-0.1, -0.05) is 5.92 Å². The third kappa shape index (κ3) is 2.44. The largest absolute Gasteiger partial charge is 0.356 e. The van der Waals surface area contributed by atoms with E-state index in [2.05, 4.69) is 11.2 Å². The summed E-state index contributed by atoms with van der Waals surface area (Å²) in [5.74, 6) is 2.44. The van der Waals surface area contributed by atoms with Crippen molar-refractivity contribution < 1.29 is 10.0 Å². The molecule has 0 aromatic carbocycles. The van der Waals surface area contributed by atoms with Gasteiger partial charge in [-0.2, -0.15) is 5.06 Å². The number of hydrogen-bond acceptors (Lipinski definition) is 3. The monoisotopic (exact) mass is 182 g/mol. The lowest BCUT2D eigenvalue weighted by atomic mass is 9.99. The molecule has 0 bridgehead atoms. The second kappa shape index (κ2) is 4.26. The number of carbonyl (C=O) groups excluding carboxylic acids is 1. The van der Waals surface area contributed by atoms with E-state index in [1.165, 1.54) is 7.05 Å². The molecule has 0 aliphatic carbocycles. The summed E-state index contributed by atoms with van der Waals surface area (Å²) in [5.41, 5.74) is 0. The topological polar surface area (TPSA) is 52.6 Å². The van der Waals surface area contributed by atoms with Crippen LogP contribution in [0.5, 0.6) is 0 Å². The molecule has 1 rings (SSSR count). The van der Waals surface area contributed by atoms with Crippen LogP contribution < -0.4 is 5.32 Å². The lowest BCUT2D eigenvalue weighted by molar-refractivity contribution is -0.125. The number of hydrogen-bond donors (Lipinski definition) is 2. The summed E-state index contributed by atoms with van der Waals surface area (Å²) in [7, 11) is 1.50. The first-order valence-electron chi connectivity index (χ1n) is 4.30. The molecule has 13 heavy (non-hydrogen) atoms. The van der Waals surface area contributed by atoms with Crippen LogP contribution in [-0.2, 0) is 4.79 Å². The Morgan fingerprint density at radius 2 is 2.62 bits per heavy atom. The number of hydroxylamine groups is 2. The number of nitrogens with zero attached hydrogens (tertiary/aromatic N) is 1. The number of rotatable bonds is 3. The molecule has 1 fully saturated rings. The average molecular weight is 182 g/mol. The first kappa shape index (κ1) is 10.0. The van der Waals surface area contributed by atoms with Gasteiger partial charge in [0.2, 0.25) is 5.91 Å². The van der Waals surface area contributed by atoms with E-state index in [1.807, 2.05) is 0 Å². The normalized spacial score (nSPS) is 24.2. The smallest absolute Gasteiger partial charge is 0.223 e. The SMILES string of the molecule is C#CC(CC1CCNC1=O)N(C)O. The maximum absolute atomic E-state index is 11.2. The highest BCUT2D eigenvalue weighted by molar-refractivity contribution is 5.80. The summed E-state index contributed by atoms with van der Waals surface area (Å²) in [6.45, 7) is 0.718. The van der Waals surface area contributed by atoms with Gasteiger partial charge in [0.1, 0.15) is 0 Å². The predicted molar refractivity (Wildman–Crippen MR) is 47.9 cm³/mol. The van der Waals surface area contributed by atoms with Crippen LogP contribution in [0.25, 0.3) is 0 Å². The fraction of sp³-hybridized carbons (Fsp3) is 0.667. The van der Waals surface area contributed by atoms with Crippen molar-refractivity contribution in [3.8, 4) is 12.3 Å². The van der Waals surface area contributed by atoms with Crippen LogP contribution in [0.15, 0.2) is 0 Å². The Balaban J connectivity index is 2.47. The number of carbonyl (C=O) groups is 1. The van der Waals surface area contributed by atoms with Gasteiger partial charge in [0.05, 0.1) is 6.04 Å². The van der Waals surface area contributed by atoms with Gasteiger partial charge in [-0.3, -0.25) is 4.79 Å². The summed E-state index contributed by atoms with van der Waals surface area (Å²) in [6.07, 6.45) is 6.55. The molecule has 1 heterocycles. The highest BCUT2D eigenvalue weighted by Crippen LogP contribution is 2.17. The lowest BCUT2D eigenvalue weighted by Crippen LogP contribution is -2.31. The molecule has 2 atom stereocenters. The molecule has 2 N–H and O–H groups in total. The molecule has 2 unspecified atom stereocenters. The zero-order valence-electron chi connectivity index (χ0n) is 7.66. The minimum Gasteiger partial charge on any atom is -0.356 e. The quantitative estimate of drug-likeness (QED) is 0.471. The molecule has 1 aliphatic heterocycles. The van der Waals surface area contributed by atoms with E-state index in [0.29, 0.717) is 6.42 Å². The summed E-state index contributed by atoms with van der Waals surface area (Å²) in [4.78, 5) is 11.2. The Bertz CT molecular complexity index is 232. The van der Waals surface area contributed by atoms with Crippen molar-refractivity contribution in [1.82, 2.24) is 10.4 Å². The van der Waals surface area contributed by atoms with Gasteiger partial charge in [-0.25, -0.2) is 0 Å². The van der Waals surface area contributed by atoms with E-state index < -0.39 is 0 Å². The van der Waals surface area contributed by atoms with Gasteiger partial charge in [0, 0.05) is 19.5 Å². The van der Waals surface area contributed by atoms with E-state index >= 15 is 0 Å². The minimum atomic E-state index is -0.367. The molecule has 4 nitrogen and oxygen atoms in total. The highest BCUT2D eigenvalue weighted by atomic mass is 16.5. The summed E-state index contributed by atoms with van der Waals surface area (Å²) < 4.78 is 0. The summed E-state index contributed by atoms with van der Waals surface area (Å²) in [5, 5.41) is 12.8. The number of amides is 1. The first-order chi connectivity index (χ1) is 6.15. The third-order valence-electron chi connectivity index (χ3n) is 2.31. The predicted octanol–water partition coefficient (Wildman–Crippen LogP) is -0.165. The van der Waals surface area contributed by atoms with Crippen LogP contribution in [-0.4, -0.2) is 35.8 Å². The zero-order chi connectivity index (χ0) is 9.84. The van der Waals surface area contributed by atoms with Crippen molar-refractivity contribution in [3.63, 3.8) is 0 Å². The van der Waals surface area contributed by atoms with Gasteiger partial charge in [0.25, 0.3) is 0 Å². The maximum Gasteiger partial charge on any atom is 0.223 e. The molecular weight excluding hydrogens is 168 g/mol. The van der Waals surface area contributed by atoms with Crippen LogP contribution in [0, 0.1) is 18.3 Å². The average Bonchev–Trinajstić information content (AvgIpc) is 2.46. The first-order valence-corrected chi connectivity index (χ1v) is 4.30. The van der Waals surface area contributed by atoms with Gasteiger partial charge in [-0.15, -0.1) is 6.42 Å². The van der Waals surface area contributed by atoms with Crippen LogP contribution in [0.1, 0.15) is 12.8 Å². The maximum atomic E-state index is 11.2. The zero-order valence-corrected chi connectivity index (χ0v) is 7.66. The van der Waals surface area contributed by atoms with E-state index in [-0.39, 0.29) is 17.9 Å². The van der Waals surface area contributed by atoms with Crippen LogP contribution in [0.4, 0.5) is 0 Å². The Labute approximate surface area is 77.9 Å². The van der Waals surface area contributed by atoms with E-state index in [4.69, 9.17) is 11.6 Å². The molecule has 1 saturated heterocycles. The summed E-state index contributed by atoms with van der Waals surface area (Å²) >= 11 is 0. The fourth-order valence-electron chi connectivity index (χ4n) is 1.47. The van der Waals surface area contributed by atoms with Crippen LogP contribution >= 0.6 is 0 Å². The Kier molecular flexibility index (Phi) is 3.29. The number of nitrogens with one attached hydrogen (secondary N) is 1. The summed E-state index contributed by atoms with van der Waals surface area (Å²) in [6, 6.07) is -0.367. The Morgan fingerprint density at radius 3 is 3.00 bits per heavy atom. The Morgan fingerprint density at radius 1 is 1.92 bits per heavy atom. The van der Waals surface area contributed by atoms with Crippen LogP contribution in [0.3, 0.4) is 0 Å². The highest BCUT2D eigenvalue weighted by Gasteiger charge is 2.27. The second-order valence-electron chi connectivity index (χ2n) is 3.27. The van der Waals surface area contributed by atoms with Crippen molar-refractivity contribution in [1.29, 1.82) is 0 Å². The van der Waals surface area contributed by atoms with E-state index in [1.54, 1.807) is 0 Å². The van der Waals surface area contributed by atoms with Gasteiger partial charge < -0.3 is 10.5 Å². The van der Waals surface area contributed by atoms with Gasteiger partial charge in [0.15, 0.2) is 0 Å². The molecule has 0 radical (unpaired) electrons. The lowest BCUT2D eigenvalue weighted by Gasteiger charge is -2.18. The van der Waals surface area contributed by atoms with Crippen molar-refractivity contribution in [3.05, 3.63) is 0 Å². The van der Waals surface area contributed by atoms with E-state index in [0.717, 1.165) is 18.0 Å². The molecule has 1 aliphatic rings. The molecule has 0 saturated carbocycles. The molecular formula is C9H14N2O2. The van der Waals surface area contributed by atoms with Crippen molar-refractivity contribution >= 4 is 5.91 Å². The molecule has 0 aromatic rings. The van der Waals surface area contributed by atoms with Crippen molar-refractivity contribution in [2.45, 2.75) is 18.9 Å². The second-order valence-corrected chi connectivity index (χ2v) is 3.27. The fourth-order valence-corrected chi connectivity index (χ4v) is 1.47. The standard InChI is InChI=1S/C9H14N2O2/c1-3-8(11(2)13)6-7-4-5-10-9(7)12/h1,7-8,13H,4-6H2,2H3,(H,10,12). The minimum absolute atomic E-state index is 0.0436. The molecule has 72 valence electrons. The molecule has 1 amide bonds.